The van der Waals surface area contributed by atoms with E-state index in [1.54, 1.807) is 12.1 Å². The predicted molar refractivity (Wildman–Crippen MR) is 106 cm³/mol. The van der Waals surface area contributed by atoms with Crippen molar-refractivity contribution in [2.45, 2.75) is 52.6 Å². The first-order chi connectivity index (χ1) is 12.3. The fraction of sp³-hybridized carbons (Fsp3) is 0.455. The van der Waals surface area contributed by atoms with Gasteiger partial charge in [-0.15, -0.1) is 0 Å². The zero-order chi connectivity index (χ0) is 18.9. The van der Waals surface area contributed by atoms with Gasteiger partial charge in [0.05, 0.1) is 12.1 Å². The van der Waals surface area contributed by atoms with Crippen LogP contribution in [0.1, 0.15) is 42.5 Å². The zero-order valence-corrected chi connectivity index (χ0v) is 16.2. The van der Waals surface area contributed by atoms with Gasteiger partial charge in [0, 0.05) is 24.5 Å². The summed E-state index contributed by atoms with van der Waals surface area (Å²) in [6.45, 7) is 10.1. The average Bonchev–Trinajstić information content (AvgIpc) is 2.64. The van der Waals surface area contributed by atoms with Crippen LogP contribution in [0.4, 0.5) is 15.8 Å². The van der Waals surface area contributed by atoms with Crippen molar-refractivity contribution in [1.82, 2.24) is 0 Å². The van der Waals surface area contributed by atoms with Crippen molar-refractivity contribution in [2.75, 3.05) is 23.4 Å². The second-order valence-corrected chi connectivity index (χ2v) is 7.74. The first-order valence-corrected chi connectivity index (χ1v) is 9.38. The second kappa shape index (κ2) is 7.28. The maximum Gasteiger partial charge on any atom is 0.123 e. The van der Waals surface area contributed by atoms with Crippen LogP contribution in [0.25, 0.3) is 0 Å². The van der Waals surface area contributed by atoms with Crippen LogP contribution >= 0.6 is 0 Å². The van der Waals surface area contributed by atoms with Gasteiger partial charge in [0.1, 0.15) is 5.82 Å². The van der Waals surface area contributed by atoms with Crippen LogP contribution in [-0.4, -0.2) is 23.8 Å². The summed E-state index contributed by atoms with van der Waals surface area (Å²) in [6.07, 6.45) is 1.72. The molecule has 3 rings (SSSR count). The number of fused-ring (bicyclic) bond motifs is 1. The van der Waals surface area contributed by atoms with Gasteiger partial charge in [-0.25, -0.2) is 4.39 Å². The monoisotopic (exact) mass is 356 g/mol. The van der Waals surface area contributed by atoms with Gasteiger partial charge in [-0.1, -0.05) is 13.0 Å². The lowest BCUT2D eigenvalue weighted by molar-refractivity contribution is 0.219. The van der Waals surface area contributed by atoms with E-state index in [2.05, 4.69) is 43.1 Å². The average molecular weight is 356 g/mol. The molecule has 2 aromatic carbocycles. The van der Waals surface area contributed by atoms with E-state index < -0.39 is 0 Å². The van der Waals surface area contributed by atoms with E-state index in [1.807, 2.05) is 13.0 Å². The molecule has 140 valence electrons. The summed E-state index contributed by atoms with van der Waals surface area (Å²) in [5, 5.41) is 13.2. The first-order valence-electron chi connectivity index (χ1n) is 9.38. The van der Waals surface area contributed by atoms with Crippen LogP contribution in [0.2, 0.25) is 0 Å². The van der Waals surface area contributed by atoms with Crippen LogP contribution in [0.5, 0.6) is 0 Å². The van der Waals surface area contributed by atoms with Crippen molar-refractivity contribution in [3.63, 3.8) is 0 Å². The highest BCUT2D eigenvalue weighted by molar-refractivity contribution is 5.66. The summed E-state index contributed by atoms with van der Waals surface area (Å²) in [7, 11) is 0. The molecular formula is C22H29FN2O. The molecular weight excluding hydrogens is 327 g/mol. The highest BCUT2D eigenvalue weighted by Crippen LogP contribution is 2.32. The minimum Gasteiger partial charge on any atom is -0.394 e. The number of benzene rings is 2. The van der Waals surface area contributed by atoms with Crippen molar-refractivity contribution in [3.8, 4) is 0 Å². The number of halogens is 1. The number of nitrogens with zero attached hydrogens (tertiary/aromatic N) is 1. The molecule has 0 saturated carbocycles. The Labute approximate surface area is 155 Å². The molecule has 0 bridgehead atoms. The third kappa shape index (κ3) is 3.70. The standard InChI is InChI=1S/C22H29FN2O/c1-5-22(4,14-26)24-21-15(2)10-20(11-16(21)3)25-9-8-17-12-19(23)7-6-18(17)13-25/h6-7,10-12,24,26H,5,8-9,13-14H2,1-4H3. The molecule has 1 atom stereocenters. The minimum atomic E-state index is -0.314. The van der Waals surface area contributed by atoms with E-state index in [1.165, 1.54) is 22.4 Å². The van der Waals surface area contributed by atoms with Crippen molar-refractivity contribution in [1.29, 1.82) is 0 Å². The summed E-state index contributed by atoms with van der Waals surface area (Å²) in [4.78, 5) is 2.36. The second-order valence-electron chi connectivity index (χ2n) is 7.74. The zero-order valence-electron chi connectivity index (χ0n) is 16.2. The molecule has 1 aliphatic heterocycles. The van der Waals surface area contributed by atoms with E-state index in [4.69, 9.17) is 0 Å². The number of hydrogen-bond acceptors (Lipinski definition) is 3. The number of rotatable bonds is 5. The Morgan fingerprint density at radius 1 is 1.15 bits per heavy atom. The van der Waals surface area contributed by atoms with Crippen LogP contribution in [0, 0.1) is 19.7 Å². The van der Waals surface area contributed by atoms with Crippen molar-refractivity contribution in [2.24, 2.45) is 0 Å². The van der Waals surface area contributed by atoms with Crippen LogP contribution in [-0.2, 0) is 13.0 Å². The van der Waals surface area contributed by atoms with E-state index >= 15 is 0 Å². The highest BCUT2D eigenvalue weighted by Gasteiger charge is 2.23. The molecule has 1 heterocycles. The Hall–Kier alpha value is -2.07. The number of hydrogen-bond donors (Lipinski definition) is 2. The van der Waals surface area contributed by atoms with Crippen molar-refractivity contribution >= 4 is 11.4 Å². The predicted octanol–water partition coefficient (Wildman–Crippen LogP) is 4.58. The lowest BCUT2D eigenvalue weighted by Gasteiger charge is -2.33. The molecule has 2 aromatic rings. The number of aryl methyl sites for hydroxylation is 2. The molecule has 2 N–H and O–H groups in total. The Morgan fingerprint density at radius 2 is 1.85 bits per heavy atom. The Morgan fingerprint density at radius 3 is 2.46 bits per heavy atom. The lowest BCUT2D eigenvalue weighted by atomic mass is 9.96. The van der Waals surface area contributed by atoms with Gasteiger partial charge in [-0.05, 0) is 80.1 Å². The van der Waals surface area contributed by atoms with Crippen LogP contribution in [0.3, 0.4) is 0 Å². The Kier molecular flexibility index (Phi) is 5.24. The molecule has 3 nitrogen and oxygen atoms in total. The number of nitrogens with one attached hydrogen (secondary N) is 1. The quantitative estimate of drug-likeness (QED) is 0.823. The minimum absolute atomic E-state index is 0.101. The Bertz CT molecular complexity index is 776. The fourth-order valence-corrected chi connectivity index (χ4v) is 3.60. The van der Waals surface area contributed by atoms with Gasteiger partial charge in [0.2, 0.25) is 0 Å². The van der Waals surface area contributed by atoms with Gasteiger partial charge in [0.25, 0.3) is 0 Å². The third-order valence-electron chi connectivity index (χ3n) is 5.62. The number of aliphatic hydroxyl groups excluding tert-OH is 1. The lowest BCUT2D eigenvalue weighted by Crippen LogP contribution is -2.38. The number of anilines is 2. The maximum absolute atomic E-state index is 13.4. The summed E-state index contributed by atoms with van der Waals surface area (Å²) in [5.41, 5.74) is 6.67. The van der Waals surface area contributed by atoms with E-state index in [9.17, 15) is 9.50 Å². The molecule has 1 aliphatic rings. The van der Waals surface area contributed by atoms with E-state index in [0.29, 0.717) is 0 Å². The molecule has 0 fully saturated rings. The molecule has 0 aromatic heterocycles. The SMILES string of the molecule is CCC(C)(CO)Nc1c(C)cc(N2CCc3cc(F)ccc3C2)cc1C. The Balaban J connectivity index is 1.85. The van der Waals surface area contributed by atoms with Crippen molar-refractivity contribution in [3.05, 3.63) is 58.4 Å². The normalized spacial score (nSPS) is 16.2. The third-order valence-corrected chi connectivity index (χ3v) is 5.62. The van der Waals surface area contributed by atoms with Gasteiger partial charge in [-0.3, -0.25) is 0 Å². The van der Waals surface area contributed by atoms with Gasteiger partial charge >= 0.3 is 0 Å². The topological polar surface area (TPSA) is 35.5 Å². The molecule has 26 heavy (non-hydrogen) atoms. The molecule has 0 amide bonds. The molecule has 4 heteroatoms. The van der Waals surface area contributed by atoms with Gasteiger partial charge < -0.3 is 15.3 Å². The largest absolute Gasteiger partial charge is 0.394 e. The van der Waals surface area contributed by atoms with E-state index in [0.717, 1.165) is 37.2 Å². The first kappa shape index (κ1) is 18.7. The van der Waals surface area contributed by atoms with Gasteiger partial charge in [0.15, 0.2) is 0 Å². The summed E-state index contributed by atoms with van der Waals surface area (Å²) < 4.78 is 13.4. The smallest absolute Gasteiger partial charge is 0.123 e. The fourth-order valence-electron chi connectivity index (χ4n) is 3.60. The summed E-state index contributed by atoms with van der Waals surface area (Å²) in [5.74, 6) is -0.151. The summed E-state index contributed by atoms with van der Waals surface area (Å²) >= 11 is 0. The van der Waals surface area contributed by atoms with Gasteiger partial charge in [-0.2, -0.15) is 0 Å². The molecule has 0 aliphatic carbocycles. The van der Waals surface area contributed by atoms with Crippen molar-refractivity contribution < 1.29 is 9.50 Å². The molecule has 0 spiro atoms. The van der Waals surface area contributed by atoms with E-state index in [-0.39, 0.29) is 18.0 Å². The molecule has 1 unspecified atom stereocenters. The maximum atomic E-state index is 13.4. The summed E-state index contributed by atoms with van der Waals surface area (Å²) in [6, 6.07) is 9.53. The number of aliphatic hydroxyl groups is 1. The molecule has 0 saturated heterocycles. The highest BCUT2D eigenvalue weighted by atomic mass is 19.1. The molecule has 0 radical (unpaired) electrons. The van der Waals surface area contributed by atoms with Crippen LogP contribution in [0.15, 0.2) is 30.3 Å². The van der Waals surface area contributed by atoms with Crippen LogP contribution < -0.4 is 10.2 Å².